The van der Waals surface area contributed by atoms with Crippen molar-refractivity contribution in [3.8, 4) is 11.4 Å². The Morgan fingerprint density at radius 3 is 2.51 bits per heavy atom. The van der Waals surface area contributed by atoms with Gasteiger partial charge in [-0.2, -0.15) is 0 Å². The van der Waals surface area contributed by atoms with E-state index in [2.05, 4.69) is 10.3 Å². The molecule has 4 rings (SSSR count). The van der Waals surface area contributed by atoms with E-state index in [9.17, 15) is 24.3 Å². The number of nitrogens with one attached hydrogen (secondary N) is 1. The molecule has 1 aliphatic heterocycles. The summed E-state index contributed by atoms with van der Waals surface area (Å²) in [6.07, 6.45) is 1.30. The molecule has 43 heavy (non-hydrogen) atoms. The number of carboxylic acid groups (broad SMARTS) is 1. The van der Waals surface area contributed by atoms with Crippen molar-refractivity contribution >= 4 is 23.9 Å². The molecule has 0 unspecified atom stereocenters. The number of nitrogens with zero attached hydrogens (tertiary/aromatic N) is 4. The van der Waals surface area contributed by atoms with E-state index in [1.54, 1.807) is 13.2 Å². The highest BCUT2D eigenvalue weighted by atomic mass is 16.8. The summed E-state index contributed by atoms with van der Waals surface area (Å²) in [6, 6.07) is 9.85. The molecule has 2 fully saturated rings. The molecule has 13 heteroatoms. The SMILES string of the molecule is CCCCOC(=O)ON1CCN(C(=O)[C@H](CCC(=O)O)NC(=O)c2cc([C@H]3C[C@@H]3COC)nc(-c3ccccc3)n2)CC1. The minimum Gasteiger partial charge on any atom is -0.481 e. The van der Waals surface area contributed by atoms with E-state index in [1.165, 1.54) is 9.96 Å². The minimum atomic E-state index is -1.09. The van der Waals surface area contributed by atoms with Crippen molar-refractivity contribution in [3.05, 3.63) is 47.8 Å². The highest BCUT2D eigenvalue weighted by molar-refractivity contribution is 5.96. The first-order valence-corrected chi connectivity index (χ1v) is 14.6. The second kappa shape index (κ2) is 15.4. The number of hydrogen-bond acceptors (Lipinski definition) is 10. The zero-order valence-corrected chi connectivity index (χ0v) is 24.6. The second-order valence-electron chi connectivity index (χ2n) is 10.7. The molecule has 0 radical (unpaired) electrons. The van der Waals surface area contributed by atoms with Gasteiger partial charge in [0.15, 0.2) is 5.82 Å². The van der Waals surface area contributed by atoms with Gasteiger partial charge in [-0.15, -0.1) is 5.06 Å². The van der Waals surface area contributed by atoms with E-state index in [-0.39, 0.29) is 57.2 Å². The maximum Gasteiger partial charge on any atom is 0.527 e. The topological polar surface area (TPSA) is 160 Å². The number of carbonyl (C=O) groups excluding carboxylic acids is 3. The smallest absolute Gasteiger partial charge is 0.481 e. The molecule has 1 aromatic heterocycles. The van der Waals surface area contributed by atoms with Gasteiger partial charge in [-0.1, -0.05) is 43.7 Å². The number of carbonyl (C=O) groups is 4. The monoisotopic (exact) mass is 597 g/mol. The zero-order chi connectivity index (χ0) is 30.8. The van der Waals surface area contributed by atoms with Crippen molar-refractivity contribution in [2.45, 2.75) is 51.0 Å². The Kier molecular flexibility index (Phi) is 11.4. The summed E-state index contributed by atoms with van der Waals surface area (Å²) in [7, 11) is 1.65. The number of methoxy groups -OCH3 is 1. The van der Waals surface area contributed by atoms with Gasteiger partial charge in [0.05, 0.1) is 19.7 Å². The fourth-order valence-corrected chi connectivity index (χ4v) is 4.91. The number of hydrogen-bond donors (Lipinski definition) is 2. The number of unbranched alkanes of at least 4 members (excludes halogenated alkanes) is 1. The quantitative estimate of drug-likeness (QED) is 0.243. The maximum absolute atomic E-state index is 13.5. The van der Waals surface area contributed by atoms with Gasteiger partial charge in [0, 0.05) is 50.4 Å². The molecule has 2 N–H and O–H groups in total. The van der Waals surface area contributed by atoms with Crippen LogP contribution < -0.4 is 5.32 Å². The third kappa shape index (κ3) is 9.19. The molecule has 0 bridgehead atoms. The summed E-state index contributed by atoms with van der Waals surface area (Å²) < 4.78 is 10.3. The second-order valence-corrected chi connectivity index (χ2v) is 10.7. The summed E-state index contributed by atoms with van der Waals surface area (Å²) in [5.41, 5.74) is 1.56. The Balaban J connectivity index is 1.45. The van der Waals surface area contributed by atoms with E-state index < -0.39 is 30.0 Å². The molecule has 1 aliphatic carbocycles. The van der Waals surface area contributed by atoms with E-state index in [0.29, 0.717) is 18.3 Å². The van der Waals surface area contributed by atoms with Crippen molar-refractivity contribution in [1.29, 1.82) is 0 Å². The average Bonchev–Trinajstić information content (AvgIpc) is 3.79. The van der Waals surface area contributed by atoms with Crippen molar-refractivity contribution < 1.29 is 38.6 Å². The number of carboxylic acids is 1. The molecular weight excluding hydrogens is 558 g/mol. The van der Waals surface area contributed by atoms with Crippen LogP contribution in [0.1, 0.15) is 61.1 Å². The van der Waals surface area contributed by atoms with Gasteiger partial charge >= 0.3 is 12.1 Å². The standard InChI is InChI=1S/C30H39N5O8/c1-3-4-16-42-30(40)43-35-14-12-34(13-15-35)29(39)23(10-11-26(36)37)33-28(38)25-18-24(22-17-21(22)19-41-2)31-27(32-25)20-8-6-5-7-9-20/h5-9,18,21-23H,3-4,10-17,19H2,1-2H3,(H,33,38)(H,36,37)/t21-,22+,23+/m1/s1. The summed E-state index contributed by atoms with van der Waals surface area (Å²) >= 11 is 0. The lowest BCUT2D eigenvalue weighted by molar-refractivity contribution is -0.158. The number of rotatable bonds is 14. The van der Waals surface area contributed by atoms with E-state index in [1.807, 2.05) is 37.3 Å². The minimum absolute atomic E-state index is 0.0948. The predicted octanol–water partition coefficient (Wildman–Crippen LogP) is 2.87. The third-order valence-electron chi connectivity index (χ3n) is 7.42. The largest absolute Gasteiger partial charge is 0.527 e. The molecule has 2 aromatic rings. The Bertz CT molecular complexity index is 1270. The van der Waals surface area contributed by atoms with Crippen LogP contribution in [0.4, 0.5) is 4.79 Å². The number of hydroxylamine groups is 2. The van der Waals surface area contributed by atoms with Gasteiger partial charge in [-0.05, 0) is 31.2 Å². The van der Waals surface area contributed by atoms with Crippen LogP contribution in [-0.4, -0.2) is 102 Å². The Morgan fingerprint density at radius 2 is 1.84 bits per heavy atom. The number of benzene rings is 1. The summed E-state index contributed by atoms with van der Waals surface area (Å²) in [5, 5.41) is 13.5. The molecule has 3 atom stereocenters. The van der Waals surface area contributed by atoms with Crippen LogP contribution in [0, 0.1) is 5.92 Å². The zero-order valence-electron chi connectivity index (χ0n) is 24.6. The van der Waals surface area contributed by atoms with Crippen molar-refractivity contribution in [1.82, 2.24) is 25.2 Å². The average molecular weight is 598 g/mol. The predicted molar refractivity (Wildman–Crippen MR) is 154 cm³/mol. The van der Waals surface area contributed by atoms with Crippen LogP contribution in [0.15, 0.2) is 36.4 Å². The number of aromatic nitrogens is 2. The maximum atomic E-state index is 13.5. The molecule has 13 nitrogen and oxygen atoms in total. The van der Waals surface area contributed by atoms with Crippen LogP contribution in [0.3, 0.4) is 0 Å². The van der Waals surface area contributed by atoms with Gasteiger partial charge in [-0.25, -0.2) is 14.8 Å². The van der Waals surface area contributed by atoms with E-state index in [0.717, 1.165) is 30.5 Å². The first kappa shape index (κ1) is 31.8. The molecule has 2 aliphatic rings. The lowest BCUT2D eigenvalue weighted by atomic mass is 10.1. The molecule has 232 valence electrons. The first-order valence-electron chi connectivity index (χ1n) is 14.6. The fourth-order valence-electron chi connectivity index (χ4n) is 4.91. The molecule has 1 saturated carbocycles. The molecular formula is C30H39N5O8. The number of piperazine rings is 1. The fraction of sp³-hybridized carbons (Fsp3) is 0.533. The Hall–Kier alpha value is -4.10. The first-order chi connectivity index (χ1) is 20.8. The molecule has 2 amide bonds. The lowest BCUT2D eigenvalue weighted by Gasteiger charge is -2.35. The normalized spacial score (nSPS) is 18.9. The van der Waals surface area contributed by atoms with Gasteiger partial charge in [0.25, 0.3) is 5.91 Å². The van der Waals surface area contributed by atoms with E-state index in [4.69, 9.17) is 19.3 Å². The highest BCUT2D eigenvalue weighted by Gasteiger charge is 2.40. The molecule has 1 saturated heterocycles. The van der Waals surface area contributed by atoms with Crippen molar-refractivity contribution in [3.63, 3.8) is 0 Å². The van der Waals surface area contributed by atoms with Crippen LogP contribution in [-0.2, 0) is 23.9 Å². The summed E-state index contributed by atoms with van der Waals surface area (Å²) in [5.74, 6) is -1.27. The highest BCUT2D eigenvalue weighted by Crippen LogP contribution is 2.47. The molecule has 2 heterocycles. The van der Waals surface area contributed by atoms with Gasteiger partial charge in [0.2, 0.25) is 5.91 Å². The summed E-state index contributed by atoms with van der Waals surface area (Å²) in [4.78, 5) is 66.2. The Morgan fingerprint density at radius 1 is 1.09 bits per heavy atom. The number of aliphatic carboxylic acids is 1. The van der Waals surface area contributed by atoms with Crippen molar-refractivity contribution in [2.75, 3.05) is 46.5 Å². The molecule has 0 spiro atoms. The van der Waals surface area contributed by atoms with Gasteiger partial charge in [0.1, 0.15) is 11.7 Å². The number of amides is 2. The molecule has 1 aromatic carbocycles. The van der Waals surface area contributed by atoms with E-state index >= 15 is 0 Å². The third-order valence-corrected chi connectivity index (χ3v) is 7.42. The van der Waals surface area contributed by atoms with Crippen LogP contribution >= 0.6 is 0 Å². The number of ether oxygens (including phenoxy) is 2. The van der Waals surface area contributed by atoms with Crippen LogP contribution in [0.25, 0.3) is 11.4 Å². The lowest BCUT2D eigenvalue weighted by Crippen LogP contribution is -2.55. The van der Waals surface area contributed by atoms with Gasteiger partial charge < -0.3 is 29.6 Å². The summed E-state index contributed by atoms with van der Waals surface area (Å²) in [6.45, 7) is 3.77. The van der Waals surface area contributed by atoms with Gasteiger partial charge in [-0.3, -0.25) is 14.4 Å². The van der Waals surface area contributed by atoms with Crippen LogP contribution in [0.5, 0.6) is 0 Å². The van der Waals surface area contributed by atoms with Crippen molar-refractivity contribution in [2.24, 2.45) is 5.92 Å². The Labute approximate surface area is 250 Å². The van der Waals surface area contributed by atoms with Crippen LogP contribution in [0.2, 0.25) is 0 Å².